The predicted molar refractivity (Wildman–Crippen MR) is 159 cm³/mol. The molecule has 1 unspecified atom stereocenters. The second kappa shape index (κ2) is 12.1. The maximum absolute atomic E-state index is 13.6. The second-order valence-corrected chi connectivity index (χ2v) is 12.3. The number of amides is 1. The van der Waals surface area contributed by atoms with Crippen LogP contribution >= 0.6 is 22.9 Å². The summed E-state index contributed by atoms with van der Waals surface area (Å²) in [5.74, 6) is 0.836. The van der Waals surface area contributed by atoms with Crippen molar-refractivity contribution in [1.82, 2.24) is 4.98 Å². The molecule has 0 aliphatic heterocycles. The van der Waals surface area contributed by atoms with Crippen LogP contribution in [0.2, 0.25) is 5.02 Å². The molecule has 1 heterocycles. The van der Waals surface area contributed by atoms with Gasteiger partial charge in [0.25, 0.3) is 5.91 Å². The van der Waals surface area contributed by atoms with E-state index >= 15 is 0 Å². The van der Waals surface area contributed by atoms with Crippen molar-refractivity contribution in [2.75, 3.05) is 19.5 Å². The van der Waals surface area contributed by atoms with Crippen LogP contribution in [0, 0.1) is 11.3 Å². The van der Waals surface area contributed by atoms with Crippen molar-refractivity contribution in [2.24, 2.45) is 0 Å². The zero-order valence-corrected chi connectivity index (χ0v) is 24.6. The molecule has 1 N–H and O–H groups in total. The number of methoxy groups -OCH3 is 2. The van der Waals surface area contributed by atoms with Crippen molar-refractivity contribution in [2.45, 2.75) is 15.9 Å². The van der Waals surface area contributed by atoms with Crippen LogP contribution in [0.4, 0.5) is 5.13 Å². The number of carbonyl (C=O) groups excluding carboxylic acids is 1. The average molecular weight is 620 g/mol. The molecule has 0 saturated heterocycles. The second-order valence-electron chi connectivity index (χ2n) is 8.84. The Kier molecular flexibility index (Phi) is 8.31. The number of nitriles is 1. The maximum Gasteiger partial charge on any atom is 0.271 e. The molecule has 1 aromatic heterocycles. The van der Waals surface area contributed by atoms with Crippen LogP contribution in [-0.4, -0.2) is 33.5 Å². The summed E-state index contributed by atoms with van der Waals surface area (Å²) in [5, 5.41) is 12.7. The van der Waals surface area contributed by atoms with E-state index in [4.69, 9.17) is 31.1 Å². The Morgan fingerprint density at radius 2 is 1.52 bits per heavy atom. The Morgan fingerprint density at radius 3 is 2.12 bits per heavy atom. The number of fused-ring (bicyclic) bond motifs is 1. The first-order chi connectivity index (χ1) is 20.2. The van der Waals surface area contributed by atoms with E-state index in [-0.39, 0.29) is 9.79 Å². The summed E-state index contributed by atoms with van der Waals surface area (Å²) in [6, 6.07) is 23.5. The van der Waals surface area contributed by atoms with Crippen LogP contribution in [0.15, 0.2) is 94.7 Å². The van der Waals surface area contributed by atoms with E-state index < -0.39 is 21.8 Å². The highest BCUT2D eigenvalue weighted by molar-refractivity contribution is 7.91. The van der Waals surface area contributed by atoms with Gasteiger partial charge in [-0.15, -0.1) is 0 Å². The van der Waals surface area contributed by atoms with Crippen LogP contribution in [0.25, 0.3) is 10.2 Å². The molecule has 5 rings (SSSR count). The highest BCUT2D eigenvalue weighted by Crippen LogP contribution is 2.37. The Hall–Kier alpha value is -4.63. The normalized spacial score (nSPS) is 11.9. The molecule has 4 aromatic carbocycles. The number of ether oxygens (including phenoxy) is 3. The van der Waals surface area contributed by atoms with Crippen LogP contribution in [0.3, 0.4) is 0 Å². The number of nitrogens with zero attached hydrogens (tertiary/aromatic N) is 2. The number of hydrogen-bond donors (Lipinski definition) is 1. The van der Waals surface area contributed by atoms with E-state index in [1.165, 1.54) is 74.1 Å². The van der Waals surface area contributed by atoms with Gasteiger partial charge >= 0.3 is 0 Å². The summed E-state index contributed by atoms with van der Waals surface area (Å²) < 4.78 is 43.8. The van der Waals surface area contributed by atoms with Crippen LogP contribution < -0.4 is 19.5 Å². The smallest absolute Gasteiger partial charge is 0.271 e. The lowest BCUT2D eigenvalue weighted by molar-refractivity contribution is -0.123. The van der Waals surface area contributed by atoms with Gasteiger partial charge in [-0.2, -0.15) is 5.26 Å². The topological polar surface area (TPSA) is 128 Å². The molecule has 0 bridgehead atoms. The van der Waals surface area contributed by atoms with Gasteiger partial charge in [0.2, 0.25) is 15.9 Å². The van der Waals surface area contributed by atoms with Crippen molar-refractivity contribution in [3.63, 3.8) is 0 Å². The monoisotopic (exact) mass is 619 g/mol. The summed E-state index contributed by atoms with van der Waals surface area (Å²) in [4.78, 5) is 18.2. The molecule has 0 saturated carbocycles. The average Bonchev–Trinajstić information content (AvgIpc) is 3.40. The standard InChI is InChI=1S/C30H22ClN3O6S2/c1-38-25-15-24-27(16-26(25)39-2)41-30(33-24)34-29(35)28(40-21-9-3-18(17-32)4-10-21)19-5-11-22(12-6-19)42(36,37)23-13-7-20(31)8-14-23/h3-16,28H,1-2H3,(H,33,34,35). The lowest BCUT2D eigenvalue weighted by atomic mass is 10.1. The number of aromatic nitrogens is 1. The van der Waals surface area contributed by atoms with E-state index in [1.807, 2.05) is 6.07 Å². The minimum absolute atomic E-state index is 0.0418. The van der Waals surface area contributed by atoms with Gasteiger partial charge in [-0.3, -0.25) is 10.1 Å². The van der Waals surface area contributed by atoms with Crippen LogP contribution in [0.1, 0.15) is 17.2 Å². The van der Waals surface area contributed by atoms with Gasteiger partial charge in [0.15, 0.2) is 16.6 Å². The quantitative estimate of drug-likeness (QED) is 0.200. The zero-order valence-electron chi connectivity index (χ0n) is 22.2. The minimum Gasteiger partial charge on any atom is -0.493 e. The van der Waals surface area contributed by atoms with Gasteiger partial charge < -0.3 is 14.2 Å². The fourth-order valence-electron chi connectivity index (χ4n) is 4.07. The lowest BCUT2D eigenvalue weighted by Crippen LogP contribution is -2.25. The highest BCUT2D eigenvalue weighted by atomic mass is 35.5. The minimum atomic E-state index is -3.82. The summed E-state index contributed by atoms with van der Waals surface area (Å²) in [6.07, 6.45) is -1.18. The van der Waals surface area contributed by atoms with E-state index in [1.54, 1.807) is 36.4 Å². The van der Waals surface area contributed by atoms with Gasteiger partial charge in [0.05, 0.1) is 45.9 Å². The molecule has 0 radical (unpaired) electrons. The maximum atomic E-state index is 13.6. The van der Waals surface area contributed by atoms with Gasteiger partial charge in [-0.1, -0.05) is 35.1 Å². The Balaban J connectivity index is 1.46. The molecule has 12 heteroatoms. The number of sulfone groups is 1. The molecule has 0 spiro atoms. The van der Waals surface area contributed by atoms with E-state index in [2.05, 4.69) is 10.3 Å². The van der Waals surface area contributed by atoms with Crippen molar-refractivity contribution in [3.05, 3.63) is 101 Å². The number of hydrogen-bond acceptors (Lipinski definition) is 9. The molecule has 0 aliphatic rings. The largest absolute Gasteiger partial charge is 0.493 e. The molecule has 0 aliphatic carbocycles. The van der Waals surface area contributed by atoms with Crippen molar-refractivity contribution in [3.8, 4) is 23.3 Å². The number of anilines is 1. The predicted octanol–water partition coefficient (Wildman–Crippen LogP) is 6.43. The first-order valence-electron chi connectivity index (χ1n) is 12.3. The lowest BCUT2D eigenvalue weighted by Gasteiger charge is -2.19. The van der Waals surface area contributed by atoms with Gasteiger partial charge in [0.1, 0.15) is 5.75 Å². The molecular weight excluding hydrogens is 598 g/mol. The van der Waals surface area contributed by atoms with Crippen molar-refractivity contribution in [1.29, 1.82) is 5.26 Å². The third-order valence-electron chi connectivity index (χ3n) is 6.22. The highest BCUT2D eigenvalue weighted by Gasteiger charge is 2.26. The third-order valence-corrected chi connectivity index (χ3v) is 9.19. The van der Waals surface area contributed by atoms with Crippen molar-refractivity contribution < 1.29 is 27.4 Å². The third kappa shape index (κ3) is 6.01. The van der Waals surface area contributed by atoms with Crippen LogP contribution in [-0.2, 0) is 14.6 Å². The molecule has 42 heavy (non-hydrogen) atoms. The molecule has 1 amide bonds. The van der Waals surface area contributed by atoms with E-state index in [9.17, 15) is 13.2 Å². The van der Waals surface area contributed by atoms with E-state index in [0.717, 1.165) is 4.70 Å². The Bertz CT molecular complexity index is 1860. The Morgan fingerprint density at radius 1 is 0.929 bits per heavy atom. The van der Waals surface area contributed by atoms with E-state index in [0.29, 0.717) is 44.0 Å². The first kappa shape index (κ1) is 28.9. The summed E-state index contributed by atoms with van der Waals surface area (Å²) in [5.41, 5.74) is 1.44. The fraction of sp³-hybridized carbons (Fsp3) is 0.100. The summed E-state index contributed by atoms with van der Waals surface area (Å²) >= 11 is 7.15. The molecule has 212 valence electrons. The van der Waals surface area contributed by atoms with Crippen LogP contribution in [0.5, 0.6) is 17.2 Å². The molecule has 5 aromatic rings. The molecular formula is C30H22ClN3O6S2. The number of benzene rings is 4. The van der Waals surface area contributed by atoms with Gasteiger partial charge in [0, 0.05) is 22.7 Å². The van der Waals surface area contributed by atoms with Crippen molar-refractivity contribution >= 4 is 54.0 Å². The molecule has 1 atom stereocenters. The number of carbonyl (C=O) groups is 1. The SMILES string of the molecule is COc1cc2nc(NC(=O)C(Oc3ccc(C#N)cc3)c3ccc(S(=O)(=O)c4ccc(Cl)cc4)cc3)sc2cc1OC. The molecule has 0 fully saturated rings. The number of nitrogens with one attached hydrogen (secondary N) is 1. The van der Waals surface area contributed by atoms with Gasteiger partial charge in [-0.05, 0) is 60.7 Å². The summed E-state index contributed by atoms with van der Waals surface area (Å²) in [6.45, 7) is 0. The zero-order chi connectivity index (χ0) is 29.9. The van der Waals surface area contributed by atoms with Gasteiger partial charge in [-0.25, -0.2) is 13.4 Å². The molecule has 9 nitrogen and oxygen atoms in total. The summed E-state index contributed by atoms with van der Waals surface area (Å²) in [7, 11) is -0.764. The Labute approximate surface area is 250 Å². The first-order valence-corrected chi connectivity index (χ1v) is 15.0. The number of halogens is 1. The number of rotatable bonds is 9. The number of thiazole rings is 1. The fourth-order valence-corrected chi connectivity index (χ4v) is 6.33.